The molecular formula is C22H25N7O2. The van der Waals surface area contributed by atoms with Gasteiger partial charge in [-0.25, -0.2) is 4.98 Å². The van der Waals surface area contributed by atoms with Crippen LogP contribution in [-0.4, -0.2) is 41.4 Å². The van der Waals surface area contributed by atoms with Gasteiger partial charge in [0.25, 0.3) is 5.91 Å². The zero-order chi connectivity index (χ0) is 22.0. The van der Waals surface area contributed by atoms with E-state index in [1.807, 2.05) is 37.5 Å². The van der Waals surface area contributed by atoms with Gasteiger partial charge in [0.1, 0.15) is 23.5 Å². The average molecular weight is 419 g/mol. The van der Waals surface area contributed by atoms with Crippen molar-refractivity contribution in [2.24, 2.45) is 0 Å². The summed E-state index contributed by atoms with van der Waals surface area (Å²) >= 11 is 0. The van der Waals surface area contributed by atoms with E-state index < -0.39 is 0 Å². The Morgan fingerprint density at radius 3 is 2.77 bits per heavy atom. The molecule has 9 heteroatoms. The second-order valence-electron chi connectivity index (χ2n) is 7.86. The van der Waals surface area contributed by atoms with Crippen molar-refractivity contribution in [1.29, 1.82) is 0 Å². The summed E-state index contributed by atoms with van der Waals surface area (Å²) in [5, 5.41) is 10.9. The lowest BCUT2D eigenvalue weighted by molar-refractivity contribution is -0.131. The molecule has 31 heavy (non-hydrogen) atoms. The molecule has 0 aliphatic carbocycles. The van der Waals surface area contributed by atoms with Crippen LogP contribution in [-0.2, 0) is 17.9 Å². The topological polar surface area (TPSA) is 106 Å². The molecule has 0 aromatic carbocycles. The highest BCUT2D eigenvalue weighted by atomic mass is 16.2. The standard InChI is InChI=1S/C22H25N7O2/c1-4-6-20(30)28-11-15-9-18(23-10-16(15)12-28)22(31)26-19-8-5-7-17(25-19)21-27-24-13-29(21)14(2)3/h5,7-10,13-14H,4,6,11-12H2,1-3H3,(H,25,26,31). The van der Waals surface area contributed by atoms with E-state index in [1.54, 1.807) is 29.6 Å². The lowest BCUT2D eigenvalue weighted by Crippen LogP contribution is -2.24. The summed E-state index contributed by atoms with van der Waals surface area (Å²) < 4.78 is 1.92. The Labute approximate surface area is 180 Å². The molecule has 0 bridgehead atoms. The van der Waals surface area contributed by atoms with E-state index in [0.717, 1.165) is 17.5 Å². The second kappa shape index (κ2) is 8.63. The normalized spacial score (nSPS) is 12.8. The van der Waals surface area contributed by atoms with Crippen LogP contribution in [0.1, 0.15) is 61.3 Å². The molecule has 0 atom stereocenters. The summed E-state index contributed by atoms with van der Waals surface area (Å²) in [4.78, 5) is 35.6. The number of rotatable bonds is 6. The van der Waals surface area contributed by atoms with Crippen LogP contribution in [0.2, 0.25) is 0 Å². The van der Waals surface area contributed by atoms with Gasteiger partial charge in [0, 0.05) is 31.7 Å². The highest BCUT2D eigenvalue weighted by Crippen LogP contribution is 2.24. The number of carbonyl (C=O) groups is 2. The minimum absolute atomic E-state index is 0.125. The number of carbonyl (C=O) groups excluding carboxylic acids is 2. The number of nitrogens with zero attached hydrogens (tertiary/aromatic N) is 6. The van der Waals surface area contributed by atoms with Gasteiger partial charge in [-0.3, -0.25) is 14.6 Å². The molecule has 3 aromatic rings. The van der Waals surface area contributed by atoms with Crippen LogP contribution in [0.15, 0.2) is 36.8 Å². The molecule has 0 saturated carbocycles. The first-order valence-corrected chi connectivity index (χ1v) is 10.4. The molecule has 0 saturated heterocycles. The van der Waals surface area contributed by atoms with Gasteiger partial charge in [-0.2, -0.15) is 0 Å². The van der Waals surface area contributed by atoms with Crippen LogP contribution < -0.4 is 5.32 Å². The average Bonchev–Trinajstić information content (AvgIpc) is 3.41. The van der Waals surface area contributed by atoms with Crippen molar-refractivity contribution >= 4 is 17.6 Å². The van der Waals surface area contributed by atoms with Gasteiger partial charge in [-0.1, -0.05) is 13.0 Å². The van der Waals surface area contributed by atoms with Crippen LogP contribution in [0.4, 0.5) is 5.82 Å². The quantitative estimate of drug-likeness (QED) is 0.658. The van der Waals surface area contributed by atoms with E-state index >= 15 is 0 Å². The fraction of sp³-hybridized carbons (Fsp3) is 0.364. The highest BCUT2D eigenvalue weighted by molar-refractivity contribution is 6.02. The molecule has 0 fully saturated rings. The van der Waals surface area contributed by atoms with Gasteiger partial charge in [0.15, 0.2) is 5.82 Å². The fourth-order valence-electron chi connectivity index (χ4n) is 3.57. The molecular weight excluding hydrogens is 394 g/mol. The predicted molar refractivity (Wildman–Crippen MR) is 115 cm³/mol. The first-order chi connectivity index (χ1) is 15.0. The summed E-state index contributed by atoms with van der Waals surface area (Å²) in [5.74, 6) is 0.817. The molecule has 1 aliphatic heterocycles. The summed E-state index contributed by atoms with van der Waals surface area (Å²) in [6, 6.07) is 7.29. The third-order valence-electron chi connectivity index (χ3n) is 5.20. The smallest absolute Gasteiger partial charge is 0.275 e. The van der Waals surface area contributed by atoms with Gasteiger partial charge in [-0.15, -0.1) is 10.2 Å². The van der Waals surface area contributed by atoms with Crippen molar-refractivity contribution in [1.82, 2.24) is 29.6 Å². The maximum Gasteiger partial charge on any atom is 0.275 e. The summed E-state index contributed by atoms with van der Waals surface area (Å²) in [6.07, 6.45) is 4.69. The number of amides is 2. The number of fused-ring (bicyclic) bond motifs is 1. The lowest BCUT2D eigenvalue weighted by atomic mass is 10.1. The van der Waals surface area contributed by atoms with Crippen LogP contribution in [0.3, 0.4) is 0 Å². The molecule has 0 radical (unpaired) electrons. The first kappa shape index (κ1) is 20.6. The highest BCUT2D eigenvalue weighted by Gasteiger charge is 2.24. The van der Waals surface area contributed by atoms with Crippen molar-refractivity contribution in [2.75, 3.05) is 5.32 Å². The van der Waals surface area contributed by atoms with Crippen LogP contribution in [0.25, 0.3) is 11.5 Å². The first-order valence-electron chi connectivity index (χ1n) is 10.4. The van der Waals surface area contributed by atoms with E-state index in [9.17, 15) is 9.59 Å². The molecule has 3 aromatic heterocycles. The maximum absolute atomic E-state index is 12.8. The Bertz CT molecular complexity index is 1120. The zero-order valence-electron chi connectivity index (χ0n) is 17.9. The molecule has 0 spiro atoms. The number of anilines is 1. The molecule has 4 heterocycles. The second-order valence-corrected chi connectivity index (χ2v) is 7.86. The van der Waals surface area contributed by atoms with E-state index in [2.05, 4.69) is 25.5 Å². The molecule has 4 rings (SSSR count). The number of pyridine rings is 2. The van der Waals surface area contributed by atoms with E-state index in [0.29, 0.717) is 42.5 Å². The Balaban J connectivity index is 1.50. The molecule has 160 valence electrons. The van der Waals surface area contributed by atoms with Gasteiger partial charge >= 0.3 is 0 Å². The minimum Gasteiger partial charge on any atom is -0.334 e. The van der Waals surface area contributed by atoms with Crippen molar-refractivity contribution < 1.29 is 9.59 Å². The Morgan fingerprint density at radius 2 is 2.00 bits per heavy atom. The molecule has 0 unspecified atom stereocenters. The number of hydrogen-bond donors (Lipinski definition) is 1. The van der Waals surface area contributed by atoms with Crippen molar-refractivity contribution in [3.8, 4) is 11.5 Å². The maximum atomic E-state index is 12.8. The van der Waals surface area contributed by atoms with Crippen LogP contribution in [0.5, 0.6) is 0 Å². The predicted octanol–water partition coefficient (Wildman–Crippen LogP) is 3.21. The SMILES string of the molecule is CCCC(=O)N1Cc2cnc(C(=O)Nc3cccc(-c4nncn4C(C)C)n3)cc2C1. The monoisotopic (exact) mass is 419 g/mol. The Kier molecular flexibility index (Phi) is 5.75. The zero-order valence-corrected chi connectivity index (χ0v) is 17.9. The Hall–Kier alpha value is -3.62. The van der Waals surface area contributed by atoms with Gasteiger partial charge in [0.2, 0.25) is 5.91 Å². The Morgan fingerprint density at radius 1 is 1.19 bits per heavy atom. The molecule has 1 aliphatic rings. The van der Waals surface area contributed by atoms with Crippen LogP contribution in [0, 0.1) is 0 Å². The largest absolute Gasteiger partial charge is 0.334 e. The summed E-state index contributed by atoms with van der Waals surface area (Å²) in [6.45, 7) is 7.11. The summed E-state index contributed by atoms with van der Waals surface area (Å²) in [5.41, 5.74) is 2.85. The van der Waals surface area contributed by atoms with Gasteiger partial charge < -0.3 is 14.8 Å². The number of hydrogen-bond acceptors (Lipinski definition) is 6. The third-order valence-corrected chi connectivity index (χ3v) is 5.20. The number of nitrogens with one attached hydrogen (secondary N) is 1. The van der Waals surface area contributed by atoms with Crippen LogP contribution >= 0.6 is 0 Å². The third kappa shape index (κ3) is 4.30. The van der Waals surface area contributed by atoms with E-state index in [4.69, 9.17) is 0 Å². The summed E-state index contributed by atoms with van der Waals surface area (Å²) in [7, 11) is 0. The number of aromatic nitrogens is 5. The lowest BCUT2D eigenvalue weighted by Gasteiger charge is -2.14. The molecule has 9 nitrogen and oxygen atoms in total. The fourth-order valence-corrected chi connectivity index (χ4v) is 3.57. The van der Waals surface area contributed by atoms with Crippen molar-refractivity contribution in [2.45, 2.75) is 52.7 Å². The van der Waals surface area contributed by atoms with E-state index in [-0.39, 0.29) is 17.9 Å². The van der Waals surface area contributed by atoms with Gasteiger partial charge in [0.05, 0.1) is 0 Å². The van der Waals surface area contributed by atoms with Crippen molar-refractivity contribution in [3.63, 3.8) is 0 Å². The minimum atomic E-state index is -0.351. The molecule has 2 amide bonds. The van der Waals surface area contributed by atoms with Crippen molar-refractivity contribution in [3.05, 3.63) is 53.6 Å². The van der Waals surface area contributed by atoms with Gasteiger partial charge in [-0.05, 0) is 49.6 Å². The molecule has 1 N–H and O–H groups in total. The van der Waals surface area contributed by atoms with E-state index in [1.165, 1.54) is 0 Å².